The van der Waals surface area contributed by atoms with E-state index in [-0.39, 0.29) is 16.3 Å². The highest BCUT2D eigenvalue weighted by atomic mass is 35.5. The predicted octanol–water partition coefficient (Wildman–Crippen LogP) is 2.43. The maximum absolute atomic E-state index is 13.3. The Bertz CT molecular complexity index is 444. The number of nitrogens with zero attached hydrogens (tertiary/aromatic N) is 1. The third-order valence-electron chi connectivity index (χ3n) is 3.17. The van der Waals surface area contributed by atoms with Crippen LogP contribution in [-0.2, 0) is 0 Å². The van der Waals surface area contributed by atoms with Gasteiger partial charge in [-0.3, -0.25) is 4.90 Å². The van der Waals surface area contributed by atoms with Crippen LogP contribution in [0.25, 0.3) is 0 Å². The SMILES string of the molecule is Nc1ccc(Cl)cc1[C@H](N1CCNCC1)C(F)(F)F. The van der Waals surface area contributed by atoms with E-state index < -0.39 is 12.2 Å². The minimum Gasteiger partial charge on any atom is -0.398 e. The molecule has 1 aromatic carbocycles. The number of piperazine rings is 1. The van der Waals surface area contributed by atoms with Gasteiger partial charge in [-0.1, -0.05) is 11.6 Å². The van der Waals surface area contributed by atoms with Crippen molar-refractivity contribution < 1.29 is 13.2 Å². The van der Waals surface area contributed by atoms with Crippen LogP contribution >= 0.6 is 11.6 Å². The second kappa shape index (κ2) is 5.56. The Morgan fingerprint density at radius 2 is 1.89 bits per heavy atom. The fourth-order valence-corrected chi connectivity index (χ4v) is 2.48. The van der Waals surface area contributed by atoms with E-state index in [1.807, 2.05) is 0 Å². The van der Waals surface area contributed by atoms with Gasteiger partial charge in [0.2, 0.25) is 0 Å². The van der Waals surface area contributed by atoms with Gasteiger partial charge >= 0.3 is 6.18 Å². The average molecular weight is 294 g/mol. The number of nitrogens with two attached hydrogens (primary N) is 1. The van der Waals surface area contributed by atoms with Crippen LogP contribution in [0.4, 0.5) is 18.9 Å². The normalized spacial score (nSPS) is 19.4. The summed E-state index contributed by atoms with van der Waals surface area (Å²) < 4.78 is 40.0. The van der Waals surface area contributed by atoms with Crippen LogP contribution in [-0.4, -0.2) is 37.3 Å². The van der Waals surface area contributed by atoms with E-state index in [1.165, 1.54) is 23.1 Å². The molecule has 1 saturated heterocycles. The van der Waals surface area contributed by atoms with E-state index in [0.29, 0.717) is 26.2 Å². The summed E-state index contributed by atoms with van der Waals surface area (Å²) in [6.45, 7) is 1.73. The van der Waals surface area contributed by atoms with Crippen molar-refractivity contribution in [2.24, 2.45) is 0 Å². The summed E-state index contributed by atoms with van der Waals surface area (Å²) in [5.74, 6) is 0. The number of halogens is 4. The minimum absolute atomic E-state index is 0.0295. The first-order valence-corrected chi connectivity index (χ1v) is 6.34. The largest absolute Gasteiger partial charge is 0.408 e. The average Bonchev–Trinajstić information content (AvgIpc) is 2.33. The Morgan fingerprint density at radius 1 is 1.26 bits per heavy atom. The molecule has 1 aromatic rings. The van der Waals surface area contributed by atoms with E-state index in [4.69, 9.17) is 17.3 Å². The topological polar surface area (TPSA) is 41.3 Å². The molecule has 0 spiro atoms. The second-order valence-corrected chi connectivity index (χ2v) is 4.94. The predicted molar refractivity (Wildman–Crippen MR) is 69.1 cm³/mol. The molecule has 3 nitrogen and oxygen atoms in total. The van der Waals surface area contributed by atoms with Crippen molar-refractivity contribution in [3.05, 3.63) is 28.8 Å². The maximum atomic E-state index is 13.3. The fraction of sp³-hybridized carbons (Fsp3) is 0.500. The molecule has 0 aromatic heterocycles. The third kappa shape index (κ3) is 3.32. The monoisotopic (exact) mass is 293 g/mol. The highest BCUT2D eigenvalue weighted by Gasteiger charge is 2.45. The highest BCUT2D eigenvalue weighted by Crippen LogP contribution is 2.40. The standard InChI is InChI=1S/C12H15ClF3N3/c13-8-1-2-10(17)9(7-8)11(12(14,15)16)19-5-3-18-4-6-19/h1-2,7,11,18H,3-6,17H2/t11-/m0/s1. The summed E-state index contributed by atoms with van der Waals surface area (Å²) in [7, 11) is 0. The van der Waals surface area contributed by atoms with Gasteiger partial charge in [-0.25, -0.2) is 0 Å². The van der Waals surface area contributed by atoms with Crippen molar-refractivity contribution in [2.45, 2.75) is 12.2 Å². The molecule has 0 aliphatic carbocycles. The molecule has 0 bridgehead atoms. The molecule has 0 unspecified atom stereocenters. The number of anilines is 1. The summed E-state index contributed by atoms with van der Waals surface area (Å²) in [5, 5.41) is 3.29. The number of alkyl halides is 3. The van der Waals surface area contributed by atoms with Gasteiger partial charge in [-0.15, -0.1) is 0 Å². The lowest BCUT2D eigenvalue weighted by molar-refractivity contribution is -0.187. The number of nitrogens with one attached hydrogen (secondary N) is 1. The second-order valence-electron chi connectivity index (χ2n) is 4.50. The molecule has 0 saturated carbocycles. The molecule has 19 heavy (non-hydrogen) atoms. The Morgan fingerprint density at radius 3 is 2.47 bits per heavy atom. The van der Waals surface area contributed by atoms with Gasteiger partial charge in [0.15, 0.2) is 0 Å². The van der Waals surface area contributed by atoms with Gasteiger partial charge in [-0.05, 0) is 18.2 Å². The third-order valence-corrected chi connectivity index (χ3v) is 3.41. The van der Waals surface area contributed by atoms with Gasteiger partial charge in [0.1, 0.15) is 6.04 Å². The maximum Gasteiger partial charge on any atom is 0.408 e. The van der Waals surface area contributed by atoms with E-state index in [9.17, 15) is 13.2 Å². The Balaban J connectivity index is 2.39. The van der Waals surface area contributed by atoms with Crippen LogP contribution in [0.15, 0.2) is 18.2 Å². The summed E-state index contributed by atoms with van der Waals surface area (Å²) in [6, 6.07) is 2.51. The van der Waals surface area contributed by atoms with Gasteiger partial charge < -0.3 is 11.1 Å². The van der Waals surface area contributed by atoms with Crippen LogP contribution < -0.4 is 11.1 Å². The Kier molecular flexibility index (Phi) is 4.23. The quantitative estimate of drug-likeness (QED) is 0.823. The summed E-state index contributed by atoms with van der Waals surface area (Å²) in [4.78, 5) is 1.39. The lowest BCUT2D eigenvalue weighted by atomic mass is 10.0. The van der Waals surface area contributed by atoms with Crippen LogP contribution in [0.3, 0.4) is 0 Å². The molecule has 0 amide bonds. The van der Waals surface area contributed by atoms with Gasteiger partial charge in [0.05, 0.1) is 0 Å². The molecule has 3 N–H and O–H groups in total. The summed E-state index contributed by atoms with van der Waals surface area (Å²) in [5.41, 5.74) is 5.84. The van der Waals surface area contributed by atoms with Crippen LogP contribution in [0.1, 0.15) is 11.6 Å². The summed E-state index contributed by atoms with van der Waals surface area (Å²) >= 11 is 5.80. The molecule has 1 heterocycles. The van der Waals surface area contributed by atoms with Crippen molar-refractivity contribution >= 4 is 17.3 Å². The first kappa shape index (κ1) is 14.4. The highest BCUT2D eigenvalue weighted by molar-refractivity contribution is 6.30. The first-order chi connectivity index (χ1) is 8.89. The van der Waals surface area contributed by atoms with Crippen molar-refractivity contribution in [3.63, 3.8) is 0 Å². The molecule has 1 atom stereocenters. The zero-order valence-electron chi connectivity index (χ0n) is 10.2. The zero-order chi connectivity index (χ0) is 14.0. The number of hydrogen-bond donors (Lipinski definition) is 2. The zero-order valence-corrected chi connectivity index (χ0v) is 10.9. The lowest BCUT2D eigenvalue weighted by Crippen LogP contribution is -2.49. The molecular weight excluding hydrogens is 279 g/mol. The van der Waals surface area contributed by atoms with Crippen molar-refractivity contribution in [3.8, 4) is 0 Å². The number of hydrogen-bond acceptors (Lipinski definition) is 3. The molecule has 0 radical (unpaired) electrons. The van der Waals surface area contributed by atoms with Crippen LogP contribution in [0.5, 0.6) is 0 Å². The van der Waals surface area contributed by atoms with Crippen molar-refractivity contribution in [1.29, 1.82) is 0 Å². The fourth-order valence-electron chi connectivity index (χ4n) is 2.30. The molecular formula is C12H15ClF3N3. The van der Waals surface area contributed by atoms with Crippen molar-refractivity contribution in [1.82, 2.24) is 10.2 Å². The van der Waals surface area contributed by atoms with E-state index >= 15 is 0 Å². The molecule has 2 rings (SSSR count). The molecule has 1 aliphatic heterocycles. The molecule has 1 aliphatic rings. The number of benzene rings is 1. The first-order valence-electron chi connectivity index (χ1n) is 5.96. The van der Waals surface area contributed by atoms with E-state index in [2.05, 4.69) is 5.32 Å². The number of rotatable bonds is 2. The van der Waals surface area contributed by atoms with E-state index in [1.54, 1.807) is 0 Å². The Labute approximate surface area is 114 Å². The Hall–Kier alpha value is -0.980. The van der Waals surface area contributed by atoms with Gasteiger partial charge in [0.25, 0.3) is 0 Å². The van der Waals surface area contributed by atoms with Crippen LogP contribution in [0, 0.1) is 0 Å². The minimum atomic E-state index is -4.38. The molecule has 1 fully saturated rings. The van der Waals surface area contributed by atoms with Crippen molar-refractivity contribution in [2.75, 3.05) is 31.9 Å². The number of nitrogen functional groups attached to an aromatic ring is 1. The smallest absolute Gasteiger partial charge is 0.398 e. The lowest BCUT2D eigenvalue weighted by Gasteiger charge is -2.36. The van der Waals surface area contributed by atoms with Gasteiger partial charge in [-0.2, -0.15) is 13.2 Å². The van der Waals surface area contributed by atoms with E-state index in [0.717, 1.165) is 0 Å². The summed E-state index contributed by atoms with van der Waals surface area (Å²) in [6.07, 6.45) is -4.38. The molecule has 106 valence electrons. The van der Waals surface area contributed by atoms with Gasteiger partial charge in [0, 0.05) is 42.5 Å². The molecule has 7 heteroatoms. The van der Waals surface area contributed by atoms with Crippen LogP contribution in [0.2, 0.25) is 5.02 Å².